The zero-order valence-corrected chi connectivity index (χ0v) is 9.47. The van der Waals surface area contributed by atoms with Gasteiger partial charge >= 0.3 is 12.0 Å². The highest BCUT2D eigenvalue weighted by molar-refractivity contribution is 5.99. The predicted octanol–water partition coefficient (Wildman–Crippen LogP) is 0.885. The van der Waals surface area contributed by atoms with E-state index in [-0.39, 0.29) is 18.0 Å². The molecule has 1 heterocycles. The number of hydrogen-bond acceptors (Lipinski definition) is 4. The lowest BCUT2D eigenvalue weighted by Crippen LogP contribution is -2.21. The molecule has 2 rings (SSSR count). The van der Waals surface area contributed by atoms with E-state index in [2.05, 4.69) is 10.4 Å². The fourth-order valence-corrected chi connectivity index (χ4v) is 1.49. The Labute approximate surface area is 97.9 Å². The largest absolute Gasteiger partial charge is 0.462 e. The van der Waals surface area contributed by atoms with Gasteiger partial charge in [0.1, 0.15) is 5.56 Å². The van der Waals surface area contributed by atoms with Crippen LogP contribution in [0.3, 0.4) is 0 Å². The van der Waals surface area contributed by atoms with Gasteiger partial charge in [0.05, 0.1) is 12.6 Å². The monoisotopic (exact) mass is 238 g/mol. The van der Waals surface area contributed by atoms with Gasteiger partial charge in [-0.2, -0.15) is 5.10 Å². The Morgan fingerprint density at radius 2 is 2.35 bits per heavy atom. The molecule has 0 bridgehead atoms. The van der Waals surface area contributed by atoms with Crippen LogP contribution in [0.15, 0.2) is 6.20 Å². The van der Waals surface area contributed by atoms with E-state index in [4.69, 9.17) is 10.5 Å². The molecule has 1 fully saturated rings. The third kappa shape index (κ3) is 2.55. The van der Waals surface area contributed by atoms with Crippen LogP contribution in [-0.4, -0.2) is 28.4 Å². The average Bonchev–Trinajstić information content (AvgIpc) is 3.01. The van der Waals surface area contributed by atoms with E-state index in [1.165, 1.54) is 0 Å². The van der Waals surface area contributed by atoms with Crippen molar-refractivity contribution in [3.05, 3.63) is 11.8 Å². The van der Waals surface area contributed by atoms with Crippen molar-refractivity contribution >= 4 is 17.8 Å². The molecule has 7 nitrogen and oxygen atoms in total. The van der Waals surface area contributed by atoms with Crippen molar-refractivity contribution in [2.75, 3.05) is 11.9 Å². The van der Waals surface area contributed by atoms with Crippen molar-refractivity contribution in [3.63, 3.8) is 0 Å². The highest BCUT2D eigenvalue weighted by Crippen LogP contribution is 2.35. The molecule has 1 saturated carbocycles. The van der Waals surface area contributed by atoms with Crippen LogP contribution in [0.1, 0.15) is 36.2 Å². The van der Waals surface area contributed by atoms with E-state index in [0.717, 1.165) is 12.8 Å². The molecule has 1 aliphatic rings. The summed E-state index contributed by atoms with van der Waals surface area (Å²) in [6, 6.07) is -0.441. The van der Waals surface area contributed by atoms with Crippen LogP contribution in [0, 0.1) is 0 Å². The topological polar surface area (TPSA) is 99.2 Å². The molecular weight excluding hydrogens is 224 g/mol. The summed E-state index contributed by atoms with van der Waals surface area (Å²) < 4.78 is 6.54. The smallest absolute Gasteiger partial charge is 0.343 e. The van der Waals surface area contributed by atoms with Crippen molar-refractivity contribution in [2.24, 2.45) is 5.73 Å². The number of nitrogens with two attached hydrogens (primary N) is 1. The summed E-state index contributed by atoms with van der Waals surface area (Å²) >= 11 is 0. The molecule has 0 atom stereocenters. The van der Waals surface area contributed by atoms with Crippen molar-refractivity contribution in [1.82, 2.24) is 9.78 Å². The van der Waals surface area contributed by atoms with E-state index >= 15 is 0 Å². The highest BCUT2D eigenvalue weighted by Gasteiger charge is 2.28. The summed E-state index contributed by atoms with van der Waals surface area (Å²) in [5.74, 6) is -0.356. The molecule has 1 aliphatic carbocycles. The van der Waals surface area contributed by atoms with E-state index in [9.17, 15) is 9.59 Å². The Morgan fingerprint density at radius 1 is 1.65 bits per heavy atom. The van der Waals surface area contributed by atoms with Crippen LogP contribution in [-0.2, 0) is 4.74 Å². The number of amides is 2. The number of nitrogens with zero attached hydrogens (tertiary/aromatic N) is 2. The number of urea groups is 1. The van der Waals surface area contributed by atoms with Crippen molar-refractivity contribution in [1.29, 1.82) is 0 Å². The predicted molar refractivity (Wildman–Crippen MR) is 59.7 cm³/mol. The summed E-state index contributed by atoms with van der Waals surface area (Å²) in [4.78, 5) is 22.4. The second-order valence-corrected chi connectivity index (χ2v) is 3.81. The van der Waals surface area contributed by atoms with Gasteiger partial charge in [0.15, 0.2) is 5.82 Å². The quantitative estimate of drug-likeness (QED) is 0.760. The minimum absolute atomic E-state index is 0.155. The lowest BCUT2D eigenvalue weighted by atomic mass is 10.3. The number of primary amides is 1. The second-order valence-electron chi connectivity index (χ2n) is 3.81. The van der Waals surface area contributed by atoms with Crippen LogP contribution in [0.2, 0.25) is 0 Å². The number of hydrogen-bond donors (Lipinski definition) is 2. The van der Waals surface area contributed by atoms with Crippen molar-refractivity contribution in [2.45, 2.75) is 25.8 Å². The van der Waals surface area contributed by atoms with Crippen molar-refractivity contribution < 1.29 is 14.3 Å². The number of carbonyl (C=O) groups is 2. The van der Waals surface area contributed by atoms with Gasteiger partial charge in [-0.15, -0.1) is 0 Å². The first-order valence-corrected chi connectivity index (χ1v) is 5.44. The summed E-state index contributed by atoms with van der Waals surface area (Å²) in [5.41, 5.74) is 5.25. The fourth-order valence-electron chi connectivity index (χ4n) is 1.49. The number of anilines is 1. The Balaban J connectivity index is 2.26. The standard InChI is InChI=1S/C10H14N4O3/c1-2-17-9(15)7-5-14(6-3-4-6)13-8(7)12-10(11)16/h5-6H,2-4H2,1H3,(H3,11,12,13,16). The molecule has 92 valence electrons. The van der Waals surface area contributed by atoms with Gasteiger partial charge in [0.2, 0.25) is 0 Å². The molecule has 3 N–H and O–H groups in total. The number of esters is 1. The average molecular weight is 238 g/mol. The lowest BCUT2D eigenvalue weighted by Gasteiger charge is -2.01. The summed E-state index contributed by atoms with van der Waals surface area (Å²) in [6.45, 7) is 1.98. The van der Waals surface area contributed by atoms with Gasteiger partial charge in [0, 0.05) is 6.20 Å². The molecule has 17 heavy (non-hydrogen) atoms. The van der Waals surface area contributed by atoms with E-state index < -0.39 is 12.0 Å². The third-order valence-corrected chi connectivity index (χ3v) is 2.39. The number of rotatable bonds is 4. The molecule has 0 unspecified atom stereocenters. The van der Waals surface area contributed by atoms with Gasteiger partial charge in [0.25, 0.3) is 0 Å². The summed E-state index contributed by atoms with van der Waals surface area (Å²) in [6.07, 6.45) is 3.64. The molecule has 2 amide bonds. The van der Waals surface area contributed by atoms with Gasteiger partial charge in [-0.25, -0.2) is 9.59 Å². The molecule has 1 aromatic rings. The molecule has 0 aliphatic heterocycles. The fraction of sp³-hybridized carbons (Fsp3) is 0.500. The van der Waals surface area contributed by atoms with Gasteiger partial charge < -0.3 is 10.5 Å². The normalized spacial score (nSPS) is 14.4. The minimum Gasteiger partial charge on any atom is -0.462 e. The first-order valence-electron chi connectivity index (χ1n) is 5.44. The molecule has 0 aromatic carbocycles. The summed E-state index contributed by atoms with van der Waals surface area (Å²) in [7, 11) is 0. The first kappa shape index (κ1) is 11.4. The highest BCUT2D eigenvalue weighted by atomic mass is 16.5. The van der Waals surface area contributed by atoms with E-state index in [1.54, 1.807) is 17.8 Å². The lowest BCUT2D eigenvalue weighted by molar-refractivity contribution is 0.0527. The Bertz CT molecular complexity index is 450. The molecular formula is C10H14N4O3. The number of aromatic nitrogens is 2. The first-order chi connectivity index (χ1) is 8.11. The molecule has 0 radical (unpaired) electrons. The van der Waals surface area contributed by atoms with Crippen LogP contribution < -0.4 is 11.1 Å². The second kappa shape index (κ2) is 4.44. The molecule has 0 saturated heterocycles. The van der Waals surface area contributed by atoms with Crippen LogP contribution in [0.4, 0.5) is 10.6 Å². The molecule has 1 aromatic heterocycles. The Kier molecular flexibility index (Phi) is 2.99. The Hall–Kier alpha value is -2.05. The zero-order chi connectivity index (χ0) is 12.4. The Morgan fingerprint density at radius 3 is 2.88 bits per heavy atom. The van der Waals surface area contributed by atoms with Crippen LogP contribution in [0.5, 0.6) is 0 Å². The maximum absolute atomic E-state index is 11.6. The summed E-state index contributed by atoms with van der Waals surface area (Å²) in [5, 5.41) is 6.44. The maximum Gasteiger partial charge on any atom is 0.343 e. The molecule has 7 heteroatoms. The van der Waals surface area contributed by atoms with Gasteiger partial charge in [-0.1, -0.05) is 0 Å². The third-order valence-electron chi connectivity index (χ3n) is 2.39. The van der Waals surface area contributed by atoms with Crippen LogP contribution in [0.25, 0.3) is 0 Å². The zero-order valence-electron chi connectivity index (χ0n) is 9.47. The van der Waals surface area contributed by atoms with Crippen LogP contribution >= 0.6 is 0 Å². The van der Waals surface area contributed by atoms with Crippen molar-refractivity contribution in [3.8, 4) is 0 Å². The number of ether oxygens (including phenoxy) is 1. The molecule has 0 spiro atoms. The van der Waals surface area contributed by atoms with E-state index in [0.29, 0.717) is 6.04 Å². The number of nitrogens with one attached hydrogen (secondary N) is 1. The maximum atomic E-state index is 11.6. The number of carbonyl (C=O) groups excluding carboxylic acids is 2. The van der Waals surface area contributed by atoms with Gasteiger partial charge in [-0.05, 0) is 19.8 Å². The van der Waals surface area contributed by atoms with Gasteiger partial charge in [-0.3, -0.25) is 10.00 Å². The van der Waals surface area contributed by atoms with E-state index in [1.807, 2.05) is 0 Å². The SMILES string of the molecule is CCOC(=O)c1cn(C2CC2)nc1NC(N)=O. The minimum atomic E-state index is -0.753.